The molecule has 0 spiro atoms. The Balaban J connectivity index is 1.47. The number of nitrogens with zero attached hydrogens (tertiary/aromatic N) is 4. The average molecular weight is 429 g/mol. The second-order valence-electron chi connectivity index (χ2n) is 7.58. The number of aromatic nitrogens is 4. The van der Waals surface area contributed by atoms with Crippen molar-refractivity contribution in [1.82, 2.24) is 19.1 Å². The zero-order valence-electron chi connectivity index (χ0n) is 17.9. The molecule has 2 aromatic heterocycles. The highest BCUT2D eigenvalue weighted by molar-refractivity contribution is 5.90. The third-order valence-electron chi connectivity index (χ3n) is 5.60. The first kappa shape index (κ1) is 19.7. The molecule has 3 heterocycles. The minimum atomic E-state index is -0.196. The van der Waals surface area contributed by atoms with Crippen molar-refractivity contribution < 1.29 is 0 Å². The lowest BCUT2D eigenvalue weighted by atomic mass is 10.2. The van der Waals surface area contributed by atoms with Crippen LogP contribution < -0.4 is 21.6 Å². The van der Waals surface area contributed by atoms with E-state index in [1.807, 2.05) is 55.1 Å². The quantitative estimate of drug-likeness (QED) is 0.377. The minimum Gasteiger partial charge on any atom is -0.388 e. The number of rotatable bonds is 6. The molecule has 0 fully saturated rings. The largest absolute Gasteiger partial charge is 0.388 e. The number of fused-ring (bicyclic) bond motifs is 3. The van der Waals surface area contributed by atoms with Crippen LogP contribution >= 0.6 is 0 Å². The van der Waals surface area contributed by atoms with Crippen molar-refractivity contribution >= 4 is 29.3 Å². The molecule has 0 aliphatic carbocycles. The smallest absolute Gasteiger partial charge is 0.327 e. The molecule has 0 bridgehead atoms. The van der Waals surface area contributed by atoms with Gasteiger partial charge in [0, 0.05) is 25.5 Å². The molecule has 0 saturated carbocycles. The number of hydrogen-bond acceptors (Lipinski definition) is 6. The Morgan fingerprint density at radius 1 is 0.906 bits per heavy atom. The highest BCUT2D eigenvalue weighted by atomic mass is 16.1. The standard InChI is InChI=1S/C23H24N8O/c1-24-17-7-3-15(4-8-17)11-30-14-28-19-20-22(27-13-26-21(19)30)31(23(32)29-20)12-16-5-9-18(25-2)10-6-16/h3-10,13-14,24-25H,11-12H2,1-2H3,(H,26,27)(H,29,32). The van der Waals surface area contributed by atoms with Gasteiger partial charge in [0.15, 0.2) is 5.82 Å². The summed E-state index contributed by atoms with van der Waals surface area (Å²) in [7, 11) is 3.78. The fourth-order valence-electron chi connectivity index (χ4n) is 3.83. The number of H-pyrrole nitrogens is 1. The van der Waals surface area contributed by atoms with E-state index < -0.39 is 0 Å². The summed E-state index contributed by atoms with van der Waals surface area (Å²) in [5, 5.41) is 9.39. The third kappa shape index (κ3) is 3.53. The van der Waals surface area contributed by atoms with Crippen LogP contribution in [0.5, 0.6) is 0 Å². The Morgan fingerprint density at radius 2 is 1.53 bits per heavy atom. The maximum absolute atomic E-state index is 12.8. The highest BCUT2D eigenvalue weighted by Crippen LogP contribution is 2.34. The zero-order valence-corrected chi connectivity index (χ0v) is 17.9. The average Bonchev–Trinajstić information content (AvgIpc) is 3.29. The van der Waals surface area contributed by atoms with E-state index in [-0.39, 0.29) is 5.69 Å². The molecule has 5 rings (SSSR count). The maximum atomic E-state index is 12.8. The summed E-state index contributed by atoms with van der Waals surface area (Å²) in [6.45, 7) is 1.06. The monoisotopic (exact) mass is 428 g/mol. The first-order valence-corrected chi connectivity index (χ1v) is 10.4. The summed E-state index contributed by atoms with van der Waals surface area (Å²) in [6.07, 6.45) is 3.37. The highest BCUT2D eigenvalue weighted by Gasteiger charge is 2.23. The van der Waals surface area contributed by atoms with Crippen LogP contribution in [-0.4, -0.2) is 39.5 Å². The summed E-state index contributed by atoms with van der Waals surface area (Å²) in [6, 6.07) is 16.2. The van der Waals surface area contributed by atoms with Crippen molar-refractivity contribution in [3.63, 3.8) is 0 Å². The maximum Gasteiger partial charge on any atom is 0.327 e. The normalized spacial score (nSPS) is 11.9. The van der Waals surface area contributed by atoms with Crippen LogP contribution in [0.3, 0.4) is 0 Å². The predicted molar refractivity (Wildman–Crippen MR) is 128 cm³/mol. The molecule has 1 aliphatic heterocycles. The summed E-state index contributed by atoms with van der Waals surface area (Å²) >= 11 is 0. The van der Waals surface area contributed by atoms with Crippen molar-refractivity contribution in [3.8, 4) is 11.4 Å². The van der Waals surface area contributed by atoms with Crippen LogP contribution in [0.4, 0.5) is 23.0 Å². The molecule has 0 saturated heterocycles. The molecule has 4 aromatic rings. The van der Waals surface area contributed by atoms with Crippen LogP contribution in [-0.2, 0) is 13.1 Å². The van der Waals surface area contributed by atoms with Gasteiger partial charge in [-0.05, 0) is 35.4 Å². The molecule has 9 nitrogen and oxygen atoms in total. The molecule has 1 aliphatic rings. The number of benzene rings is 2. The summed E-state index contributed by atoms with van der Waals surface area (Å²) in [5.41, 5.74) is 5.32. The van der Waals surface area contributed by atoms with Gasteiger partial charge < -0.3 is 25.5 Å². The third-order valence-corrected chi connectivity index (χ3v) is 5.60. The van der Waals surface area contributed by atoms with Crippen LogP contribution in [0.1, 0.15) is 11.1 Å². The molecule has 0 atom stereocenters. The second-order valence-corrected chi connectivity index (χ2v) is 7.58. The molecule has 0 radical (unpaired) electrons. The van der Waals surface area contributed by atoms with Crippen LogP contribution in [0.2, 0.25) is 0 Å². The number of nitrogens with one attached hydrogen (secondary N) is 4. The Bertz CT molecular complexity index is 1330. The summed E-state index contributed by atoms with van der Waals surface area (Å²) in [5.74, 6) is 1.35. The van der Waals surface area contributed by atoms with Crippen molar-refractivity contribution in [3.05, 3.63) is 76.5 Å². The van der Waals surface area contributed by atoms with Crippen molar-refractivity contribution in [2.24, 2.45) is 4.99 Å². The Morgan fingerprint density at radius 3 is 2.16 bits per heavy atom. The van der Waals surface area contributed by atoms with E-state index in [0.29, 0.717) is 36.1 Å². The topological polar surface area (TPSA) is 104 Å². The number of aromatic amines is 1. The van der Waals surface area contributed by atoms with Crippen molar-refractivity contribution in [2.75, 3.05) is 30.0 Å². The number of hydrogen-bond donors (Lipinski definition) is 4. The van der Waals surface area contributed by atoms with E-state index in [1.54, 1.807) is 17.2 Å². The molecule has 4 N–H and O–H groups in total. The lowest BCUT2D eigenvalue weighted by Crippen LogP contribution is -2.19. The number of imidazole rings is 2. The second kappa shape index (κ2) is 8.10. The predicted octanol–water partition coefficient (Wildman–Crippen LogP) is 3.31. The fraction of sp³-hybridized carbons (Fsp3) is 0.174. The van der Waals surface area contributed by atoms with Crippen LogP contribution in [0.25, 0.3) is 11.4 Å². The van der Waals surface area contributed by atoms with Gasteiger partial charge in [-0.15, -0.1) is 0 Å². The van der Waals surface area contributed by atoms with Crippen LogP contribution in [0, 0.1) is 0 Å². The Labute approximate surface area is 184 Å². The van der Waals surface area contributed by atoms with Gasteiger partial charge in [0.2, 0.25) is 0 Å². The van der Waals surface area contributed by atoms with E-state index >= 15 is 0 Å². The zero-order chi connectivity index (χ0) is 22.1. The van der Waals surface area contributed by atoms with Gasteiger partial charge >= 0.3 is 5.69 Å². The van der Waals surface area contributed by atoms with Gasteiger partial charge in [0.1, 0.15) is 17.2 Å². The number of anilines is 3. The molecule has 9 heteroatoms. The molecule has 162 valence electrons. The lowest BCUT2D eigenvalue weighted by Gasteiger charge is -2.08. The van der Waals surface area contributed by atoms with Gasteiger partial charge in [-0.1, -0.05) is 24.3 Å². The molecular weight excluding hydrogens is 404 g/mol. The summed E-state index contributed by atoms with van der Waals surface area (Å²) < 4.78 is 3.64. The molecule has 32 heavy (non-hydrogen) atoms. The molecule has 0 amide bonds. The van der Waals surface area contributed by atoms with Gasteiger partial charge in [-0.3, -0.25) is 4.57 Å². The molecular formula is C23H24N8O. The van der Waals surface area contributed by atoms with E-state index in [1.165, 1.54) is 0 Å². The van der Waals surface area contributed by atoms with Crippen LogP contribution in [0.15, 0.2) is 64.6 Å². The first-order chi connectivity index (χ1) is 15.7. The number of aliphatic imine (C=N–C) groups is 1. The first-order valence-electron chi connectivity index (χ1n) is 10.4. The minimum absolute atomic E-state index is 0.196. The van der Waals surface area contributed by atoms with E-state index in [2.05, 4.69) is 43.0 Å². The fourth-order valence-corrected chi connectivity index (χ4v) is 3.83. The van der Waals surface area contributed by atoms with Crippen molar-refractivity contribution in [1.29, 1.82) is 0 Å². The van der Waals surface area contributed by atoms with Gasteiger partial charge in [-0.2, -0.15) is 0 Å². The van der Waals surface area contributed by atoms with E-state index in [4.69, 9.17) is 0 Å². The molecule has 0 unspecified atom stereocenters. The Hall–Kier alpha value is -4.27. The van der Waals surface area contributed by atoms with Crippen molar-refractivity contribution in [2.45, 2.75) is 13.1 Å². The molecule has 2 aromatic carbocycles. The SMILES string of the molecule is CNc1ccc(Cn2cnc3c2N=CNc2c-3[nH]c(=O)n2Cc2ccc(NC)cc2)cc1. The summed E-state index contributed by atoms with van der Waals surface area (Å²) in [4.78, 5) is 24.9. The van der Waals surface area contributed by atoms with Gasteiger partial charge in [-0.25, -0.2) is 14.8 Å². The van der Waals surface area contributed by atoms with E-state index in [9.17, 15) is 4.79 Å². The van der Waals surface area contributed by atoms with E-state index in [0.717, 1.165) is 22.5 Å². The lowest BCUT2D eigenvalue weighted by molar-refractivity contribution is 0.771. The Kier molecular flexibility index (Phi) is 4.98. The van der Waals surface area contributed by atoms with Gasteiger partial charge in [0.25, 0.3) is 0 Å². The van der Waals surface area contributed by atoms with Gasteiger partial charge in [0.05, 0.1) is 25.8 Å².